The van der Waals surface area contributed by atoms with Crippen LogP contribution in [0.5, 0.6) is 11.8 Å². The zero-order valence-electron chi connectivity index (χ0n) is 35.4. The maximum atomic E-state index is 14.1. The summed E-state index contributed by atoms with van der Waals surface area (Å²) >= 11 is 3.18. The molecule has 2 atom stereocenters. The SMILES string of the molecule is C.C.COC(F)(F)c1nnc2ccc(-c3cnc(O[C@@H](C)C(F)(F)F)c(F)c3)cn12.COC(F)(F)c1nnc2ccc(Br)cn12.C[C@H](Oc1ncc(B2OC(C)(C)C(C)(C)O2)cc1F)C(F)(F)F. The molecule has 1 aliphatic heterocycles. The van der Waals surface area contributed by atoms with Crippen molar-refractivity contribution in [3.05, 3.63) is 88.9 Å². The second kappa shape index (κ2) is 21.1. The third kappa shape index (κ3) is 12.9. The number of hydrogen-bond donors (Lipinski definition) is 0. The zero-order chi connectivity index (χ0) is 49.4. The number of halogens is 13. The van der Waals surface area contributed by atoms with Crippen LogP contribution in [0.4, 0.5) is 52.7 Å². The minimum absolute atomic E-state index is 0. The summed E-state index contributed by atoms with van der Waals surface area (Å²) in [7, 11) is 0.861. The van der Waals surface area contributed by atoms with Gasteiger partial charge >= 0.3 is 31.7 Å². The quantitative estimate of drug-likeness (QED) is 0.0952. The molecule has 28 heteroatoms. The molecule has 7 rings (SSSR count). The van der Waals surface area contributed by atoms with E-state index in [4.69, 9.17) is 9.31 Å². The van der Waals surface area contributed by atoms with E-state index in [1.54, 1.807) is 12.1 Å². The minimum atomic E-state index is -4.69. The average Bonchev–Trinajstić information content (AvgIpc) is 3.92. The third-order valence-corrected chi connectivity index (χ3v) is 10.3. The van der Waals surface area contributed by atoms with Gasteiger partial charge in [-0.05, 0) is 93.9 Å². The van der Waals surface area contributed by atoms with Gasteiger partial charge in [-0.2, -0.15) is 43.9 Å². The van der Waals surface area contributed by atoms with E-state index in [1.165, 1.54) is 35.1 Å². The Balaban J connectivity index is 0.000000277. The molecular weight excluding hydrogens is 1010 g/mol. The summed E-state index contributed by atoms with van der Waals surface area (Å²) in [4.78, 5) is 7.17. The molecule has 0 aromatic carbocycles. The predicted octanol–water partition coefficient (Wildman–Crippen LogP) is 10.3. The molecule has 1 fully saturated rings. The number of hydrogen-bond acceptors (Lipinski definition) is 12. The Morgan fingerprint density at radius 2 is 1.04 bits per heavy atom. The minimum Gasteiger partial charge on any atom is -0.463 e. The molecule has 1 aliphatic rings. The lowest BCUT2D eigenvalue weighted by atomic mass is 9.80. The molecule has 14 nitrogen and oxygen atoms in total. The van der Waals surface area contributed by atoms with Gasteiger partial charge in [-0.25, -0.2) is 18.7 Å². The summed E-state index contributed by atoms with van der Waals surface area (Å²) in [5.74, 6) is -5.02. The first-order valence-corrected chi connectivity index (χ1v) is 19.6. The summed E-state index contributed by atoms with van der Waals surface area (Å²) in [6.45, 7) is 8.83. The zero-order valence-corrected chi connectivity index (χ0v) is 37.0. The number of nitrogens with zero attached hydrogens (tertiary/aromatic N) is 8. The van der Waals surface area contributed by atoms with E-state index >= 15 is 0 Å². The maximum Gasteiger partial charge on any atom is 0.496 e. The molecule has 68 heavy (non-hydrogen) atoms. The van der Waals surface area contributed by atoms with Gasteiger partial charge in [0.2, 0.25) is 11.6 Å². The van der Waals surface area contributed by atoms with E-state index < -0.39 is 90.1 Å². The highest BCUT2D eigenvalue weighted by Crippen LogP contribution is 2.37. The molecule has 0 spiro atoms. The molecule has 0 N–H and O–H groups in total. The van der Waals surface area contributed by atoms with Crippen LogP contribution in [0.1, 0.15) is 68.0 Å². The van der Waals surface area contributed by atoms with E-state index in [2.05, 4.69) is 65.2 Å². The number of methoxy groups -OCH3 is 2. The Hall–Kier alpha value is -5.32. The van der Waals surface area contributed by atoms with Gasteiger partial charge in [0.15, 0.2) is 35.1 Å². The van der Waals surface area contributed by atoms with Crippen LogP contribution in [0.25, 0.3) is 22.4 Å². The Bertz CT molecular complexity index is 2640. The Morgan fingerprint density at radius 3 is 1.47 bits per heavy atom. The van der Waals surface area contributed by atoms with Gasteiger partial charge in [0.25, 0.3) is 11.8 Å². The number of ether oxygens (including phenoxy) is 4. The van der Waals surface area contributed by atoms with E-state index in [9.17, 15) is 52.7 Å². The fourth-order valence-corrected chi connectivity index (χ4v) is 5.62. The largest absolute Gasteiger partial charge is 0.496 e. The topological polar surface area (TPSA) is 142 Å². The number of pyridine rings is 4. The van der Waals surface area contributed by atoms with Crippen LogP contribution in [0.2, 0.25) is 0 Å². The van der Waals surface area contributed by atoms with Gasteiger partial charge in [-0.1, -0.05) is 14.9 Å². The van der Waals surface area contributed by atoms with E-state index in [1.807, 2.05) is 27.7 Å². The smallest absolute Gasteiger partial charge is 0.463 e. The number of alkyl halides is 10. The van der Waals surface area contributed by atoms with Crippen molar-refractivity contribution < 1.29 is 80.9 Å². The highest BCUT2D eigenvalue weighted by atomic mass is 79.9. The summed E-state index contributed by atoms with van der Waals surface area (Å²) < 4.78 is 188. The number of fused-ring (bicyclic) bond motifs is 2. The summed E-state index contributed by atoms with van der Waals surface area (Å²) in [5, 5.41) is 14.0. The Kier molecular flexibility index (Phi) is 17.7. The Labute approximate surface area is 389 Å². The second-order valence-corrected chi connectivity index (χ2v) is 15.9. The molecule has 0 bridgehead atoms. The van der Waals surface area contributed by atoms with Gasteiger partial charge in [-0.15, -0.1) is 20.4 Å². The van der Waals surface area contributed by atoms with Gasteiger partial charge in [0, 0.05) is 60.1 Å². The maximum absolute atomic E-state index is 14.1. The van der Waals surface area contributed by atoms with Crippen molar-refractivity contribution in [2.75, 3.05) is 14.2 Å². The van der Waals surface area contributed by atoms with Gasteiger partial charge in [0.1, 0.15) is 0 Å². The molecule has 7 heterocycles. The molecule has 0 aliphatic carbocycles. The van der Waals surface area contributed by atoms with Crippen molar-refractivity contribution in [1.29, 1.82) is 0 Å². The van der Waals surface area contributed by atoms with Gasteiger partial charge in [-0.3, -0.25) is 8.80 Å². The standard InChI is InChI=1S/C16H12F6N4O2.C14H18BF4NO3.C8H6BrF2N3O.2CH4/c1-8(15(18,19)20)28-13-11(17)5-10(6-23-13)9-3-4-12-24-25-14(26(12)7-9)16(21,22)27-2;1-8(14(17,18)19)21-11-10(16)6-9(7-20-11)15-22-12(2,3)13(4,5)23-15;1-15-8(10,11)7-13-12-6-3-2-5(9)4-14(6)7;;/h3-8H,1-2H3;6-8H,1-5H3;2-4H,1H3;2*1H4/t2*8-;;;/m00.../s1. The van der Waals surface area contributed by atoms with Crippen molar-refractivity contribution in [1.82, 2.24) is 39.2 Å². The number of aromatic nitrogens is 8. The van der Waals surface area contributed by atoms with Crippen molar-refractivity contribution in [3.8, 4) is 22.9 Å². The van der Waals surface area contributed by atoms with E-state index in [0.29, 0.717) is 17.0 Å². The van der Waals surface area contributed by atoms with E-state index in [0.717, 1.165) is 43.9 Å². The molecule has 6 aromatic rings. The summed E-state index contributed by atoms with van der Waals surface area (Å²) in [6.07, 6.45) is -16.0. The molecule has 0 unspecified atom stereocenters. The van der Waals surface area contributed by atoms with Crippen LogP contribution < -0.4 is 14.9 Å². The fraction of sp³-hybridized carbons (Fsp3) is 0.450. The molecule has 0 saturated carbocycles. The summed E-state index contributed by atoms with van der Waals surface area (Å²) in [5.41, 5.74) is -0.183. The highest BCUT2D eigenvalue weighted by Gasteiger charge is 2.52. The fourth-order valence-electron chi connectivity index (χ4n) is 5.28. The lowest BCUT2D eigenvalue weighted by Crippen LogP contribution is -2.41. The van der Waals surface area contributed by atoms with Crippen molar-refractivity contribution in [2.45, 2.75) is 104 Å². The first kappa shape index (κ1) is 57.0. The van der Waals surface area contributed by atoms with Crippen LogP contribution in [-0.4, -0.2) is 96.3 Å². The molecule has 0 radical (unpaired) electrons. The lowest BCUT2D eigenvalue weighted by Gasteiger charge is -2.32. The van der Waals surface area contributed by atoms with Crippen LogP contribution in [-0.2, 0) is 31.0 Å². The molecule has 374 valence electrons. The van der Waals surface area contributed by atoms with Crippen LogP contribution in [0.3, 0.4) is 0 Å². The average molecular weight is 1050 g/mol. The third-order valence-electron chi connectivity index (χ3n) is 9.80. The van der Waals surface area contributed by atoms with Gasteiger partial charge < -0.3 is 28.3 Å². The molecule has 0 amide bonds. The van der Waals surface area contributed by atoms with Crippen LogP contribution >= 0.6 is 15.9 Å². The van der Waals surface area contributed by atoms with Crippen molar-refractivity contribution in [2.24, 2.45) is 0 Å². The molecular formula is C40H44BBrF12N8O6. The molecule has 6 aromatic heterocycles. The lowest BCUT2D eigenvalue weighted by molar-refractivity contribution is -0.238. The Morgan fingerprint density at radius 1 is 0.618 bits per heavy atom. The van der Waals surface area contributed by atoms with E-state index in [-0.39, 0.29) is 37.1 Å². The van der Waals surface area contributed by atoms with Crippen LogP contribution in [0.15, 0.2) is 65.7 Å². The molecule has 1 saturated heterocycles. The normalized spacial score (nSPS) is 15.6. The van der Waals surface area contributed by atoms with Crippen molar-refractivity contribution in [3.63, 3.8) is 0 Å². The van der Waals surface area contributed by atoms with Gasteiger partial charge in [0.05, 0.1) is 11.2 Å². The monoisotopic (exact) mass is 1050 g/mol. The van der Waals surface area contributed by atoms with Crippen molar-refractivity contribution >= 4 is 39.8 Å². The predicted molar refractivity (Wildman–Crippen MR) is 224 cm³/mol. The summed E-state index contributed by atoms with van der Waals surface area (Å²) in [6, 6.07) is 7.95. The number of rotatable bonds is 10. The first-order chi connectivity index (χ1) is 30.4. The van der Waals surface area contributed by atoms with Crippen LogP contribution in [0, 0.1) is 11.6 Å². The first-order valence-electron chi connectivity index (χ1n) is 18.8. The highest BCUT2D eigenvalue weighted by molar-refractivity contribution is 9.10. The second-order valence-electron chi connectivity index (χ2n) is 15.0.